The molecule has 126 valence electrons. The van der Waals surface area contributed by atoms with Crippen molar-refractivity contribution in [2.24, 2.45) is 0 Å². The quantitative estimate of drug-likeness (QED) is 0.632. The number of nitrogens with one attached hydrogen (secondary N) is 2. The molecule has 0 bridgehead atoms. The van der Waals surface area contributed by atoms with Gasteiger partial charge in [0, 0.05) is 5.69 Å². The summed E-state index contributed by atoms with van der Waals surface area (Å²) in [4.78, 5) is 0. The molecule has 0 aliphatic carbocycles. The van der Waals surface area contributed by atoms with E-state index in [2.05, 4.69) is 47.9 Å². The molecule has 0 saturated carbocycles. The number of aryl methyl sites for hydroxylation is 1. The summed E-state index contributed by atoms with van der Waals surface area (Å²) in [7, 11) is 0. The highest BCUT2D eigenvalue weighted by Gasteiger charge is 2.15. The predicted molar refractivity (Wildman–Crippen MR) is 105 cm³/mol. The zero-order valence-electron chi connectivity index (χ0n) is 13.9. The van der Waals surface area contributed by atoms with Crippen LogP contribution in [0.1, 0.15) is 22.7 Å². The molecule has 0 saturated heterocycles. The fourth-order valence-corrected chi connectivity index (χ4v) is 2.95. The van der Waals surface area contributed by atoms with Crippen LogP contribution in [-0.4, -0.2) is 5.11 Å². The molecule has 0 spiro atoms. The molecule has 4 heteroatoms. The Morgan fingerprint density at radius 1 is 0.880 bits per heavy atom. The van der Waals surface area contributed by atoms with Crippen LogP contribution < -0.4 is 10.6 Å². The van der Waals surface area contributed by atoms with Crippen molar-refractivity contribution in [3.8, 4) is 0 Å². The molecule has 0 amide bonds. The number of anilines is 1. The summed E-state index contributed by atoms with van der Waals surface area (Å²) < 4.78 is 13.4. The lowest BCUT2D eigenvalue weighted by Crippen LogP contribution is -2.33. The lowest BCUT2D eigenvalue weighted by Gasteiger charge is -2.22. The van der Waals surface area contributed by atoms with Gasteiger partial charge in [0.2, 0.25) is 0 Å². The Morgan fingerprint density at radius 3 is 2.32 bits per heavy atom. The fourth-order valence-electron chi connectivity index (χ4n) is 2.72. The molecule has 3 aromatic carbocycles. The van der Waals surface area contributed by atoms with Gasteiger partial charge in [-0.2, -0.15) is 0 Å². The first-order chi connectivity index (χ1) is 12.1. The molecule has 0 unspecified atom stereocenters. The van der Waals surface area contributed by atoms with Crippen LogP contribution in [0.3, 0.4) is 0 Å². The largest absolute Gasteiger partial charge is 0.352 e. The Balaban J connectivity index is 1.84. The molecular weight excluding hydrogens is 331 g/mol. The van der Waals surface area contributed by atoms with Gasteiger partial charge in [-0.3, -0.25) is 0 Å². The first kappa shape index (κ1) is 17.1. The third-order valence-electron chi connectivity index (χ3n) is 3.87. The van der Waals surface area contributed by atoms with E-state index in [0.29, 0.717) is 10.8 Å². The van der Waals surface area contributed by atoms with Crippen LogP contribution in [0.25, 0.3) is 0 Å². The van der Waals surface area contributed by atoms with E-state index in [4.69, 9.17) is 12.2 Å². The number of halogens is 1. The van der Waals surface area contributed by atoms with Gasteiger partial charge >= 0.3 is 0 Å². The van der Waals surface area contributed by atoms with Crippen molar-refractivity contribution in [3.63, 3.8) is 0 Å². The SMILES string of the molecule is Cc1cccc([C@@H](NC(=S)Nc2cccc(F)c2)c2ccccc2)c1. The van der Waals surface area contributed by atoms with Crippen molar-refractivity contribution >= 4 is 23.0 Å². The molecule has 25 heavy (non-hydrogen) atoms. The molecule has 0 radical (unpaired) electrons. The number of hydrogen-bond acceptors (Lipinski definition) is 1. The zero-order valence-corrected chi connectivity index (χ0v) is 14.7. The standard InChI is InChI=1S/C21H19FN2S/c1-15-7-5-10-17(13-15)20(16-8-3-2-4-9-16)24-21(25)23-19-12-6-11-18(22)14-19/h2-14,20H,1H3,(H2,23,24,25)/t20-/m0/s1. The van der Waals surface area contributed by atoms with E-state index in [1.54, 1.807) is 12.1 Å². The minimum atomic E-state index is -0.300. The van der Waals surface area contributed by atoms with Crippen molar-refractivity contribution in [2.45, 2.75) is 13.0 Å². The van der Waals surface area contributed by atoms with Crippen molar-refractivity contribution in [2.75, 3.05) is 5.32 Å². The zero-order chi connectivity index (χ0) is 17.6. The van der Waals surface area contributed by atoms with Crippen molar-refractivity contribution in [1.82, 2.24) is 5.32 Å². The summed E-state index contributed by atoms with van der Waals surface area (Å²) in [5.41, 5.74) is 4.03. The van der Waals surface area contributed by atoms with Crippen LogP contribution in [0.4, 0.5) is 10.1 Å². The Kier molecular flexibility index (Phi) is 5.41. The van der Waals surface area contributed by atoms with Gasteiger partial charge in [0.1, 0.15) is 5.82 Å². The van der Waals surface area contributed by atoms with E-state index in [1.807, 2.05) is 24.3 Å². The van der Waals surface area contributed by atoms with Gasteiger partial charge in [-0.25, -0.2) is 4.39 Å². The molecule has 0 aliphatic heterocycles. The van der Waals surface area contributed by atoms with Crippen LogP contribution >= 0.6 is 12.2 Å². The van der Waals surface area contributed by atoms with Gasteiger partial charge in [0.15, 0.2) is 5.11 Å². The molecular formula is C21H19FN2S. The lowest BCUT2D eigenvalue weighted by molar-refractivity contribution is 0.628. The fraction of sp³-hybridized carbons (Fsp3) is 0.0952. The van der Waals surface area contributed by atoms with E-state index < -0.39 is 0 Å². The number of hydrogen-bond donors (Lipinski definition) is 2. The number of thiocarbonyl (C=S) groups is 1. The summed E-state index contributed by atoms with van der Waals surface area (Å²) in [6.07, 6.45) is 0. The first-order valence-electron chi connectivity index (χ1n) is 8.06. The molecule has 0 fully saturated rings. The maximum atomic E-state index is 13.4. The summed E-state index contributed by atoms with van der Waals surface area (Å²) in [6, 6.07) is 24.6. The van der Waals surface area contributed by atoms with Crippen molar-refractivity contribution in [1.29, 1.82) is 0 Å². The lowest BCUT2D eigenvalue weighted by atomic mass is 9.97. The average molecular weight is 350 g/mol. The van der Waals surface area contributed by atoms with E-state index in [9.17, 15) is 4.39 Å². The van der Waals surface area contributed by atoms with Crippen LogP contribution in [0.2, 0.25) is 0 Å². The summed E-state index contributed by atoms with van der Waals surface area (Å²) in [5.74, 6) is -0.300. The molecule has 0 heterocycles. The summed E-state index contributed by atoms with van der Waals surface area (Å²) >= 11 is 5.44. The molecule has 2 nitrogen and oxygen atoms in total. The van der Waals surface area contributed by atoms with Gasteiger partial charge in [0.25, 0.3) is 0 Å². The topological polar surface area (TPSA) is 24.1 Å². The average Bonchev–Trinajstić information content (AvgIpc) is 2.60. The van der Waals surface area contributed by atoms with Crippen LogP contribution in [0.15, 0.2) is 78.9 Å². The molecule has 1 atom stereocenters. The van der Waals surface area contributed by atoms with Crippen molar-refractivity contribution < 1.29 is 4.39 Å². The smallest absolute Gasteiger partial charge is 0.171 e. The van der Waals surface area contributed by atoms with Crippen LogP contribution in [-0.2, 0) is 0 Å². The van der Waals surface area contributed by atoms with Crippen LogP contribution in [0, 0.1) is 12.7 Å². The highest BCUT2D eigenvalue weighted by molar-refractivity contribution is 7.80. The van der Waals surface area contributed by atoms with Gasteiger partial charge in [0.05, 0.1) is 6.04 Å². The second-order valence-corrected chi connectivity index (χ2v) is 6.27. The normalized spacial score (nSPS) is 11.6. The van der Waals surface area contributed by atoms with E-state index in [0.717, 1.165) is 11.1 Å². The summed E-state index contributed by atoms with van der Waals surface area (Å²) in [6.45, 7) is 2.06. The number of rotatable bonds is 4. The second kappa shape index (κ2) is 7.90. The third kappa shape index (κ3) is 4.64. The Morgan fingerprint density at radius 2 is 1.60 bits per heavy atom. The Labute approximate surface area is 152 Å². The van der Waals surface area contributed by atoms with Gasteiger partial charge in [-0.1, -0.05) is 66.2 Å². The second-order valence-electron chi connectivity index (χ2n) is 5.87. The maximum Gasteiger partial charge on any atom is 0.171 e. The van der Waals surface area contributed by atoms with Gasteiger partial charge in [-0.15, -0.1) is 0 Å². The summed E-state index contributed by atoms with van der Waals surface area (Å²) in [5, 5.41) is 6.84. The number of benzene rings is 3. The predicted octanol–water partition coefficient (Wildman–Crippen LogP) is 5.21. The maximum absolute atomic E-state index is 13.4. The van der Waals surface area contributed by atoms with Crippen molar-refractivity contribution in [3.05, 3.63) is 101 Å². The monoisotopic (exact) mass is 350 g/mol. The van der Waals surface area contributed by atoms with E-state index in [-0.39, 0.29) is 11.9 Å². The van der Waals surface area contributed by atoms with Gasteiger partial charge < -0.3 is 10.6 Å². The minimum Gasteiger partial charge on any atom is -0.352 e. The molecule has 3 aromatic rings. The Bertz CT molecular complexity index is 865. The van der Waals surface area contributed by atoms with E-state index in [1.165, 1.54) is 17.7 Å². The molecule has 0 aliphatic rings. The molecule has 0 aromatic heterocycles. The van der Waals surface area contributed by atoms with Gasteiger partial charge in [-0.05, 0) is 48.5 Å². The highest BCUT2D eigenvalue weighted by atomic mass is 32.1. The molecule has 3 rings (SSSR count). The van der Waals surface area contributed by atoms with E-state index >= 15 is 0 Å². The Hall–Kier alpha value is -2.72. The van der Waals surface area contributed by atoms with Crippen LogP contribution in [0.5, 0.6) is 0 Å². The minimum absolute atomic E-state index is 0.0883. The molecule has 2 N–H and O–H groups in total. The highest BCUT2D eigenvalue weighted by Crippen LogP contribution is 2.23. The third-order valence-corrected chi connectivity index (χ3v) is 4.09. The first-order valence-corrected chi connectivity index (χ1v) is 8.47.